The molecule has 1 N–H and O–H groups in total. The van der Waals surface area contributed by atoms with E-state index in [-0.39, 0.29) is 17.4 Å². The van der Waals surface area contributed by atoms with Crippen molar-refractivity contribution in [3.05, 3.63) is 18.2 Å². The minimum Gasteiger partial charge on any atom is -0.497 e. The summed E-state index contributed by atoms with van der Waals surface area (Å²) in [7, 11) is 0.305. The number of fused-ring (bicyclic) bond motifs is 1. The summed E-state index contributed by atoms with van der Waals surface area (Å²) in [4.78, 5) is 12.5. The molecular formula is C17H27NO4Si. The summed E-state index contributed by atoms with van der Waals surface area (Å²) in [6.45, 7) is 10.6. The molecule has 0 saturated heterocycles. The zero-order valence-corrected chi connectivity index (χ0v) is 16.0. The second kappa shape index (κ2) is 6.92. The fourth-order valence-electron chi connectivity index (χ4n) is 2.65. The lowest BCUT2D eigenvalue weighted by Gasteiger charge is -2.35. The number of carbonyl (C=O) groups excluding carboxylic acids is 1. The normalized spacial score (nSPS) is 18.9. The third-order valence-corrected chi connectivity index (χ3v) is 4.45. The standard InChI is InChI=1S/C17H27NO4Si/c1-17(2,3)10-14(22-23(5)6)15-16(19)18-12-8-7-11(20-4)9-13(12)21-15/h7-9,14-15,23H,10H2,1-6H3,(H,18,19). The van der Waals surface area contributed by atoms with Crippen molar-refractivity contribution < 1.29 is 18.7 Å². The number of benzene rings is 1. The van der Waals surface area contributed by atoms with E-state index >= 15 is 0 Å². The Morgan fingerprint density at radius 3 is 2.61 bits per heavy atom. The second-order valence-electron chi connectivity index (χ2n) is 7.38. The number of hydrogen-bond donors (Lipinski definition) is 1. The van der Waals surface area contributed by atoms with Crippen molar-refractivity contribution in [3.8, 4) is 11.5 Å². The van der Waals surface area contributed by atoms with Crippen molar-refractivity contribution in [3.63, 3.8) is 0 Å². The molecule has 1 aromatic carbocycles. The molecule has 0 fully saturated rings. The maximum absolute atomic E-state index is 12.5. The SMILES string of the molecule is COc1ccc2c(c1)OC(C(CC(C)(C)C)O[SiH](C)C)C(=O)N2. The van der Waals surface area contributed by atoms with E-state index in [1.54, 1.807) is 25.3 Å². The second-order valence-corrected chi connectivity index (χ2v) is 9.75. The first-order chi connectivity index (χ1) is 10.7. The van der Waals surface area contributed by atoms with Crippen LogP contribution in [0.4, 0.5) is 5.69 Å². The van der Waals surface area contributed by atoms with Crippen molar-refractivity contribution in [1.82, 2.24) is 0 Å². The number of rotatable bonds is 5. The van der Waals surface area contributed by atoms with Crippen molar-refractivity contribution >= 4 is 20.6 Å². The van der Waals surface area contributed by atoms with Gasteiger partial charge >= 0.3 is 0 Å². The van der Waals surface area contributed by atoms with Gasteiger partial charge in [-0.2, -0.15) is 0 Å². The van der Waals surface area contributed by atoms with Crippen molar-refractivity contribution in [2.75, 3.05) is 12.4 Å². The van der Waals surface area contributed by atoms with Gasteiger partial charge in [0.25, 0.3) is 5.91 Å². The van der Waals surface area contributed by atoms with E-state index < -0.39 is 15.1 Å². The molecule has 0 aliphatic carbocycles. The summed E-state index contributed by atoms with van der Waals surface area (Å²) in [5.41, 5.74) is 0.718. The summed E-state index contributed by atoms with van der Waals surface area (Å²) < 4.78 is 17.4. The average Bonchev–Trinajstić information content (AvgIpc) is 2.43. The lowest BCUT2D eigenvalue weighted by Crippen LogP contribution is -2.49. The third kappa shape index (κ3) is 4.72. The lowest BCUT2D eigenvalue weighted by atomic mass is 9.87. The molecule has 1 heterocycles. The highest BCUT2D eigenvalue weighted by Crippen LogP contribution is 2.36. The maximum atomic E-state index is 12.5. The van der Waals surface area contributed by atoms with Gasteiger partial charge in [-0.1, -0.05) is 20.8 Å². The molecule has 6 heteroatoms. The number of anilines is 1. The van der Waals surface area contributed by atoms with Crippen LogP contribution in [0.15, 0.2) is 18.2 Å². The molecule has 1 amide bonds. The first kappa shape index (κ1) is 17.8. The predicted molar refractivity (Wildman–Crippen MR) is 93.9 cm³/mol. The van der Waals surface area contributed by atoms with Gasteiger partial charge in [0.2, 0.25) is 6.10 Å². The van der Waals surface area contributed by atoms with Crippen LogP contribution in [0.25, 0.3) is 0 Å². The number of methoxy groups -OCH3 is 1. The highest BCUT2D eigenvalue weighted by molar-refractivity contribution is 6.48. The van der Waals surface area contributed by atoms with Gasteiger partial charge < -0.3 is 19.2 Å². The predicted octanol–water partition coefficient (Wildman–Crippen LogP) is 3.20. The number of carbonyl (C=O) groups is 1. The number of ether oxygens (including phenoxy) is 2. The lowest BCUT2D eigenvalue weighted by molar-refractivity contribution is -0.128. The minimum atomic E-state index is -1.30. The number of amides is 1. The van der Waals surface area contributed by atoms with E-state index in [0.29, 0.717) is 17.2 Å². The Labute approximate surface area is 140 Å². The van der Waals surface area contributed by atoms with E-state index in [4.69, 9.17) is 13.9 Å². The molecule has 0 saturated carbocycles. The molecule has 0 radical (unpaired) electrons. The Kier molecular flexibility index (Phi) is 5.36. The number of hydrogen-bond acceptors (Lipinski definition) is 4. The largest absolute Gasteiger partial charge is 0.497 e. The topological polar surface area (TPSA) is 56.8 Å². The minimum absolute atomic E-state index is 0.0479. The molecule has 0 aromatic heterocycles. The van der Waals surface area contributed by atoms with Crippen molar-refractivity contribution in [2.24, 2.45) is 5.41 Å². The van der Waals surface area contributed by atoms with E-state index in [9.17, 15) is 4.79 Å². The molecule has 0 bridgehead atoms. The van der Waals surface area contributed by atoms with Gasteiger partial charge in [-0.15, -0.1) is 0 Å². The van der Waals surface area contributed by atoms with E-state index in [2.05, 4.69) is 39.2 Å². The fraction of sp³-hybridized carbons (Fsp3) is 0.588. The van der Waals surface area contributed by atoms with Gasteiger partial charge in [-0.05, 0) is 37.1 Å². The Bertz CT molecular complexity index is 568. The van der Waals surface area contributed by atoms with Crippen LogP contribution in [0.1, 0.15) is 27.2 Å². The van der Waals surface area contributed by atoms with Crippen LogP contribution in [0.2, 0.25) is 13.1 Å². The van der Waals surface area contributed by atoms with Gasteiger partial charge in [0, 0.05) is 6.07 Å². The Balaban J connectivity index is 2.26. The first-order valence-electron chi connectivity index (χ1n) is 8.00. The Hall–Kier alpha value is -1.53. The summed E-state index contributed by atoms with van der Waals surface area (Å²) in [6.07, 6.45) is -0.125. The van der Waals surface area contributed by atoms with Crippen LogP contribution in [-0.2, 0) is 9.22 Å². The molecule has 2 rings (SSSR count). The van der Waals surface area contributed by atoms with Crippen LogP contribution in [0.5, 0.6) is 11.5 Å². The average molecular weight is 337 g/mol. The highest BCUT2D eigenvalue weighted by atomic mass is 28.3. The molecule has 2 atom stereocenters. The quantitative estimate of drug-likeness (QED) is 0.838. The van der Waals surface area contributed by atoms with Crippen LogP contribution in [0, 0.1) is 5.41 Å². The fourth-order valence-corrected chi connectivity index (χ4v) is 3.59. The zero-order valence-electron chi connectivity index (χ0n) is 14.8. The van der Waals surface area contributed by atoms with Crippen molar-refractivity contribution in [1.29, 1.82) is 0 Å². The Morgan fingerprint density at radius 1 is 1.35 bits per heavy atom. The maximum Gasteiger partial charge on any atom is 0.268 e. The van der Waals surface area contributed by atoms with Gasteiger partial charge in [0.05, 0.1) is 18.9 Å². The van der Waals surface area contributed by atoms with Crippen LogP contribution in [-0.4, -0.2) is 34.3 Å². The van der Waals surface area contributed by atoms with Gasteiger partial charge in [-0.25, -0.2) is 0 Å². The van der Waals surface area contributed by atoms with Gasteiger partial charge in [-0.3, -0.25) is 4.79 Å². The van der Waals surface area contributed by atoms with Gasteiger partial charge in [0.1, 0.15) is 11.5 Å². The van der Waals surface area contributed by atoms with Crippen LogP contribution in [0.3, 0.4) is 0 Å². The summed E-state index contributed by atoms with van der Waals surface area (Å²) >= 11 is 0. The molecule has 2 unspecified atom stereocenters. The third-order valence-electron chi connectivity index (χ3n) is 3.56. The van der Waals surface area contributed by atoms with Crippen LogP contribution >= 0.6 is 0 Å². The molecule has 1 aliphatic rings. The summed E-state index contributed by atoms with van der Waals surface area (Å²) in [5.74, 6) is 1.18. The van der Waals surface area contributed by atoms with E-state index in [1.807, 2.05) is 0 Å². The zero-order chi connectivity index (χ0) is 17.2. The first-order valence-corrected chi connectivity index (χ1v) is 10.8. The molecule has 1 aliphatic heterocycles. The molecule has 5 nitrogen and oxygen atoms in total. The van der Waals surface area contributed by atoms with Gasteiger partial charge in [0.15, 0.2) is 9.04 Å². The van der Waals surface area contributed by atoms with Crippen molar-refractivity contribution in [2.45, 2.75) is 52.5 Å². The number of nitrogens with one attached hydrogen (secondary N) is 1. The summed E-state index contributed by atoms with van der Waals surface area (Å²) in [5, 5.41) is 2.92. The highest BCUT2D eigenvalue weighted by Gasteiger charge is 2.38. The molecule has 1 aromatic rings. The monoisotopic (exact) mass is 337 g/mol. The molecule has 23 heavy (non-hydrogen) atoms. The van der Waals surface area contributed by atoms with E-state index in [1.165, 1.54) is 0 Å². The molecule has 0 spiro atoms. The molecule has 128 valence electrons. The smallest absolute Gasteiger partial charge is 0.268 e. The van der Waals surface area contributed by atoms with Crippen LogP contribution < -0.4 is 14.8 Å². The molecular weight excluding hydrogens is 310 g/mol. The van der Waals surface area contributed by atoms with E-state index in [0.717, 1.165) is 6.42 Å². The Morgan fingerprint density at radius 2 is 2.04 bits per heavy atom. The summed E-state index contributed by atoms with van der Waals surface area (Å²) in [6, 6.07) is 5.38.